The van der Waals surface area contributed by atoms with Gasteiger partial charge in [-0.05, 0) is 44.9 Å². The van der Waals surface area contributed by atoms with E-state index in [0.29, 0.717) is 19.4 Å². The van der Waals surface area contributed by atoms with Crippen LogP contribution in [0.15, 0.2) is 24.3 Å². The Bertz CT molecular complexity index is 460. The topological polar surface area (TPSA) is 33.0 Å². The van der Waals surface area contributed by atoms with E-state index in [-0.39, 0.29) is 5.75 Å². The summed E-state index contributed by atoms with van der Waals surface area (Å²) in [5, 5.41) is 8.82. The highest BCUT2D eigenvalue weighted by atomic mass is 19.4. The van der Waals surface area contributed by atoms with Gasteiger partial charge in [-0.1, -0.05) is 6.07 Å². The molecular weight excluding hydrogens is 255 g/mol. The molecule has 1 aromatic carbocycles. The molecule has 2 nitrogen and oxygen atoms in total. The fourth-order valence-electron chi connectivity index (χ4n) is 1.52. The van der Waals surface area contributed by atoms with Gasteiger partial charge >= 0.3 is 6.18 Å². The molecule has 0 aromatic heterocycles. The van der Waals surface area contributed by atoms with Crippen LogP contribution >= 0.6 is 0 Å². The molecule has 104 valence electrons. The monoisotopic (exact) mass is 271 g/mol. The Morgan fingerprint density at radius 1 is 1.26 bits per heavy atom. The molecule has 0 radical (unpaired) electrons. The van der Waals surface area contributed by atoms with Crippen molar-refractivity contribution in [1.82, 2.24) is 0 Å². The molecule has 1 aromatic rings. The molecule has 0 aliphatic carbocycles. The maximum Gasteiger partial charge on any atom is 0.416 e. The Hall–Kier alpha value is -1.70. The fourth-order valence-corrected chi connectivity index (χ4v) is 1.52. The molecule has 0 amide bonds. The molecule has 0 atom stereocenters. The lowest BCUT2D eigenvalue weighted by Crippen LogP contribution is -2.10. The zero-order valence-electron chi connectivity index (χ0n) is 10.9. The third kappa shape index (κ3) is 5.21. The molecule has 5 heteroatoms. The zero-order chi connectivity index (χ0) is 14.5. The Balaban J connectivity index is 2.49. The van der Waals surface area contributed by atoms with Crippen molar-refractivity contribution in [2.75, 3.05) is 6.61 Å². The number of halogens is 3. The van der Waals surface area contributed by atoms with Gasteiger partial charge in [0.25, 0.3) is 0 Å². The van der Waals surface area contributed by atoms with Gasteiger partial charge in [-0.15, -0.1) is 0 Å². The number of rotatable bonds is 5. The molecule has 0 N–H and O–H groups in total. The Kier molecular flexibility index (Phi) is 4.82. The summed E-state index contributed by atoms with van der Waals surface area (Å²) < 4.78 is 42.7. The van der Waals surface area contributed by atoms with E-state index in [0.717, 1.165) is 12.1 Å². The highest BCUT2D eigenvalue weighted by Gasteiger charge is 2.30. The summed E-state index contributed by atoms with van der Waals surface area (Å²) in [4.78, 5) is 0. The molecule has 0 fully saturated rings. The molecular formula is C14H16F3NO. The lowest BCUT2D eigenvalue weighted by Gasteiger charge is -2.15. The van der Waals surface area contributed by atoms with Gasteiger partial charge in [0.05, 0.1) is 23.7 Å². The van der Waals surface area contributed by atoms with E-state index in [1.165, 1.54) is 12.1 Å². The summed E-state index contributed by atoms with van der Waals surface area (Å²) in [6, 6.07) is 6.96. The maximum atomic E-state index is 12.5. The first-order chi connectivity index (χ1) is 8.74. The van der Waals surface area contributed by atoms with Crippen LogP contribution in [0.25, 0.3) is 0 Å². The van der Waals surface area contributed by atoms with Crippen molar-refractivity contribution in [2.45, 2.75) is 32.9 Å². The fraction of sp³-hybridized carbons (Fsp3) is 0.500. The van der Waals surface area contributed by atoms with Gasteiger partial charge in [-0.3, -0.25) is 0 Å². The molecule has 0 saturated carbocycles. The van der Waals surface area contributed by atoms with Crippen molar-refractivity contribution in [3.05, 3.63) is 29.8 Å². The quantitative estimate of drug-likeness (QED) is 0.743. The van der Waals surface area contributed by atoms with E-state index in [2.05, 4.69) is 6.07 Å². The van der Waals surface area contributed by atoms with Crippen molar-refractivity contribution in [3.8, 4) is 11.8 Å². The lowest BCUT2D eigenvalue weighted by atomic mass is 9.90. The van der Waals surface area contributed by atoms with E-state index in [1.807, 2.05) is 13.8 Å². The largest absolute Gasteiger partial charge is 0.494 e. The summed E-state index contributed by atoms with van der Waals surface area (Å²) in [6.07, 6.45) is -3.10. The average Bonchev–Trinajstić information content (AvgIpc) is 2.34. The average molecular weight is 271 g/mol. The number of alkyl halides is 3. The third-order valence-corrected chi connectivity index (χ3v) is 2.68. The second kappa shape index (κ2) is 5.96. The second-order valence-corrected chi connectivity index (χ2v) is 4.97. The van der Waals surface area contributed by atoms with E-state index >= 15 is 0 Å². The van der Waals surface area contributed by atoms with Crippen molar-refractivity contribution in [2.24, 2.45) is 5.41 Å². The van der Waals surface area contributed by atoms with Gasteiger partial charge in [-0.25, -0.2) is 0 Å². The molecule has 0 aliphatic rings. The number of hydrogen-bond acceptors (Lipinski definition) is 2. The van der Waals surface area contributed by atoms with Crippen molar-refractivity contribution in [3.63, 3.8) is 0 Å². The summed E-state index contributed by atoms with van der Waals surface area (Å²) in [6.45, 7) is 3.93. The van der Waals surface area contributed by atoms with Gasteiger partial charge < -0.3 is 4.74 Å². The summed E-state index contributed by atoms with van der Waals surface area (Å²) in [5.41, 5.74) is -1.15. The van der Waals surface area contributed by atoms with Crippen LogP contribution < -0.4 is 4.74 Å². The van der Waals surface area contributed by atoms with Crippen LogP contribution in [0.3, 0.4) is 0 Å². The minimum absolute atomic E-state index is 0.199. The summed E-state index contributed by atoms with van der Waals surface area (Å²) >= 11 is 0. The first kappa shape index (κ1) is 15.4. The smallest absolute Gasteiger partial charge is 0.416 e. The van der Waals surface area contributed by atoms with Gasteiger partial charge in [-0.2, -0.15) is 18.4 Å². The van der Waals surface area contributed by atoms with E-state index < -0.39 is 17.2 Å². The molecule has 0 heterocycles. The number of ether oxygens (including phenoxy) is 1. The van der Waals surface area contributed by atoms with Gasteiger partial charge in [0.15, 0.2) is 0 Å². The Morgan fingerprint density at radius 2 is 1.95 bits per heavy atom. The van der Waals surface area contributed by atoms with Crippen molar-refractivity contribution < 1.29 is 17.9 Å². The van der Waals surface area contributed by atoms with Gasteiger partial charge in [0.1, 0.15) is 5.75 Å². The van der Waals surface area contributed by atoms with Crippen molar-refractivity contribution in [1.29, 1.82) is 5.26 Å². The molecule has 0 spiro atoms. The minimum Gasteiger partial charge on any atom is -0.494 e. The van der Waals surface area contributed by atoms with E-state index in [9.17, 15) is 13.2 Å². The van der Waals surface area contributed by atoms with Crippen molar-refractivity contribution >= 4 is 0 Å². The highest BCUT2D eigenvalue weighted by molar-refractivity contribution is 5.30. The van der Waals surface area contributed by atoms with E-state index in [4.69, 9.17) is 10.00 Å². The molecule has 0 bridgehead atoms. The molecule has 19 heavy (non-hydrogen) atoms. The SMILES string of the molecule is CC(C)(C#N)CCCOc1cccc(C(F)(F)F)c1. The summed E-state index contributed by atoms with van der Waals surface area (Å²) in [7, 11) is 0. The normalized spacial score (nSPS) is 12.0. The first-order valence-electron chi connectivity index (χ1n) is 5.96. The lowest BCUT2D eigenvalue weighted by molar-refractivity contribution is -0.137. The van der Waals surface area contributed by atoms with Crippen LogP contribution in [-0.2, 0) is 6.18 Å². The molecule has 0 unspecified atom stereocenters. The number of nitrogens with zero attached hydrogens (tertiary/aromatic N) is 1. The van der Waals surface area contributed by atoms with Crippen LogP contribution in [0, 0.1) is 16.7 Å². The number of benzene rings is 1. The Morgan fingerprint density at radius 3 is 2.53 bits per heavy atom. The predicted molar refractivity (Wildman–Crippen MR) is 65.6 cm³/mol. The minimum atomic E-state index is -4.36. The van der Waals surface area contributed by atoms with E-state index in [1.54, 1.807) is 0 Å². The predicted octanol–water partition coefficient (Wildman–Crippen LogP) is 4.41. The standard InChI is InChI=1S/C14H16F3NO/c1-13(2,10-18)7-4-8-19-12-6-3-5-11(9-12)14(15,16)17/h3,5-6,9H,4,7-8H2,1-2H3. The number of nitriles is 1. The van der Waals surface area contributed by atoms with Crippen LogP contribution in [0.2, 0.25) is 0 Å². The zero-order valence-corrected chi connectivity index (χ0v) is 10.9. The van der Waals surface area contributed by atoms with Crippen LogP contribution in [-0.4, -0.2) is 6.61 Å². The van der Waals surface area contributed by atoms with Gasteiger partial charge in [0, 0.05) is 0 Å². The van der Waals surface area contributed by atoms with Crippen LogP contribution in [0.4, 0.5) is 13.2 Å². The molecule has 0 aliphatic heterocycles. The van der Waals surface area contributed by atoms with Gasteiger partial charge in [0.2, 0.25) is 0 Å². The van der Waals surface area contributed by atoms with Crippen LogP contribution in [0.1, 0.15) is 32.3 Å². The molecule has 1 rings (SSSR count). The number of hydrogen-bond donors (Lipinski definition) is 0. The van der Waals surface area contributed by atoms with Crippen LogP contribution in [0.5, 0.6) is 5.75 Å². The first-order valence-corrected chi connectivity index (χ1v) is 5.96. The Labute approximate surface area is 110 Å². The molecule has 0 saturated heterocycles. The highest BCUT2D eigenvalue weighted by Crippen LogP contribution is 2.31. The maximum absolute atomic E-state index is 12.5. The third-order valence-electron chi connectivity index (χ3n) is 2.68. The summed E-state index contributed by atoms with van der Waals surface area (Å²) in [5.74, 6) is 0.199. The second-order valence-electron chi connectivity index (χ2n) is 4.97.